The predicted octanol–water partition coefficient (Wildman–Crippen LogP) is 6.42. The van der Waals surface area contributed by atoms with Gasteiger partial charge in [-0.2, -0.15) is 0 Å². The van der Waals surface area contributed by atoms with Gasteiger partial charge in [0.2, 0.25) is 0 Å². The fourth-order valence-corrected chi connectivity index (χ4v) is 5.75. The number of amides is 2. The Kier molecular flexibility index (Phi) is 10.6. The van der Waals surface area contributed by atoms with E-state index in [0.29, 0.717) is 18.0 Å². The fraction of sp³-hybridized carbons (Fsp3) is 0.324. The Morgan fingerprint density at radius 3 is 2.17 bits per heavy atom. The molecule has 240 valence electrons. The second-order valence-electron chi connectivity index (χ2n) is 11.7. The van der Waals surface area contributed by atoms with Crippen molar-refractivity contribution in [3.05, 3.63) is 125 Å². The monoisotopic (exact) mass is 623 g/mol. The number of ether oxygens (including phenoxy) is 4. The van der Waals surface area contributed by atoms with Gasteiger partial charge >= 0.3 is 6.03 Å². The first-order chi connectivity index (χ1) is 22.5. The molecular weight excluding hydrogens is 582 g/mol. The highest BCUT2D eigenvalue weighted by atomic mass is 16.7. The summed E-state index contributed by atoms with van der Waals surface area (Å²) in [6.45, 7) is 6.59. The number of para-hydroxylation sites is 1. The molecular formula is C37H41N3O6. The van der Waals surface area contributed by atoms with Crippen molar-refractivity contribution >= 4 is 11.7 Å². The maximum atomic E-state index is 12.6. The number of aliphatic hydroxyl groups is 1. The van der Waals surface area contributed by atoms with Gasteiger partial charge in [0.1, 0.15) is 11.5 Å². The molecule has 0 saturated carbocycles. The van der Waals surface area contributed by atoms with Crippen molar-refractivity contribution in [1.82, 2.24) is 10.2 Å². The van der Waals surface area contributed by atoms with Crippen molar-refractivity contribution in [2.24, 2.45) is 5.92 Å². The Bertz CT molecular complexity index is 1530. The molecule has 2 amide bonds. The van der Waals surface area contributed by atoms with Gasteiger partial charge in [0.25, 0.3) is 0 Å². The first-order valence-electron chi connectivity index (χ1n) is 15.8. The Hall–Kier alpha value is -4.25. The van der Waals surface area contributed by atoms with E-state index in [4.69, 9.17) is 18.9 Å². The number of hydrogen-bond donors (Lipinski definition) is 3. The normalized spacial score (nSPS) is 21.8. The molecule has 0 bridgehead atoms. The zero-order valence-corrected chi connectivity index (χ0v) is 26.0. The minimum absolute atomic E-state index is 0.00727. The Morgan fingerprint density at radius 2 is 1.48 bits per heavy atom. The minimum atomic E-state index is -0.538. The molecule has 9 heteroatoms. The predicted molar refractivity (Wildman–Crippen MR) is 175 cm³/mol. The van der Waals surface area contributed by atoms with Gasteiger partial charge < -0.3 is 34.7 Å². The van der Waals surface area contributed by atoms with Gasteiger partial charge in [-0.05, 0) is 53.1 Å². The number of carbonyl (C=O) groups is 1. The number of aliphatic hydroxyl groups excluding tert-OH is 1. The molecule has 2 heterocycles. The number of urea groups is 1. The van der Waals surface area contributed by atoms with Gasteiger partial charge in [0, 0.05) is 43.3 Å². The van der Waals surface area contributed by atoms with E-state index in [1.807, 2.05) is 91.0 Å². The minimum Gasteiger partial charge on any atom is -0.457 e. The lowest BCUT2D eigenvalue weighted by atomic mass is 9.90. The van der Waals surface area contributed by atoms with Crippen LogP contribution in [0.2, 0.25) is 0 Å². The summed E-state index contributed by atoms with van der Waals surface area (Å²) >= 11 is 0. The molecule has 6 rings (SSSR count). The van der Waals surface area contributed by atoms with Crippen molar-refractivity contribution in [3.63, 3.8) is 0 Å². The largest absolute Gasteiger partial charge is 0.457 e. The highest BCUT2D eigenvalue weighted by Crippen LogP contribution is 2.42. The molecule has 0 aliphatic carbocycles. The number of morpholine rings is 1. The average Bonchev–Trinajstić information content (AvgIpc) is 3.10. The van der Waals surface area contributed by atoms with Crippen molar-refractivity contribution < 1.29 is 28.8 Å². The molecule has 2 aliphatic rings. The van der Waals surface area contributed by atoms with E-state index in [1.54, 1.807) is 12.1 Å². The summed E-state index contributed by atoms with van der Waals surface area (Å²) in [6, 6.07) is 32.4. The molecule has 9 nitrogen and oxygen atoms in total. The maximum absolute atomic E-state index is 12.6. The molecule has 3 N–H and O–H groups in total. The van der Waals surface area contributed by atoms with Crippen LogP contribution in [-0.2, 0) is 27.4 Å². The number of benzene rings is 4. The van der Waals surface area contributed by atoms with E-state index in [1.165, 1.54) is 0 Å². The molecule has 0 aromatic heterocycles. The Morgan fingerprint density at radius 1 is 0.826 bits per heavy atom. The quantitative estimate of drug-likeness (QED) is 0.188. The van der Waals surface area contributed by atoms with Crippen molar-refractivity contribution in [3.8, 4) is 11.5 Å². The fourth-order valence-electron chi connectivity index (χ4n) is 5.75. The van der Waals surface area contributed by atoms with Crippen LogP contribution in [0.15, 0.2) is 103 Å². The van der Waals surface area contributed by atoms with Crippen molar-refractivity contribution in [2.45, 2.75) is 38.6 Å². The summed E-state index contributed by atoms with van der Waals surface area (Å²) in [7, 11) is 0. The first-order valence-corrected chi connectivity index (χ1v) is 15.8. The Labute approximate surface area is 270 Å². The molecule has 4 atom stereocenters. The SMILES string of the molecule is C[C@H]1[C@@H](CN2CCOCC2)O[C@@H](c2ccc(CNC(=O)Nc3ccc(Oc4ccccc4)cc3)cc2)O[C@H]1c1ccc(CO)cc1. The molecule has 0 spiro atoms. The smallest absolute Gasteiger partial charge is 0.319 e. The van der Waals surface area contributed by atoms with Gasteiger partial charge in [-0.25, -0.2) is 4.79 Å². The van der Waals surface area contributed by atoms with Gasteiger partial charge in [0.05, 0.1) is 32.0 Å². The summed E-state index contributed by atoms with van der Waals surface area (Å²) in [5.74, 6) is 1.56. The third kappa shape index (κ3) is 8.31. The number of hydrogen-bond acceptors (Lipinski definition) is 7. The number of carbonyl (C=O) groups excluding carboxylic acids is 1. The van der Waals surface area contributed by atoms with Gasteiger partial charge in [0.15, 0.2) is 6.29 Å². The number of anilines is 1. The molecule has 0 radical (unpaired) electrons. The van der Waals surface area contributed by atoms with Gasteiger partial charge in [-0.15, -0.1) is 0 Å². The number of nitrogens with one attached hydrogen (secondary N) is 2. The summed E-state index contributed by atoms with van der Waals surface area (Å²) in [5.41, 5.74) is 4.48. The molecule has 4 aromatic carbocycles. The van der Waals surface area contributed by atoms with E-state index in [2.05, 4.69) is 22.5 Å². The van der Waals surface area contributed by atoms with E-state index in [9.17, 15) is 9.90 Å². The number of nitrogens with zero attached hydrogens (tertiary/aromatic N) is 1. The van der Waals surface area contributed by atoms with E-state index in [0.717, 1.165) is 60.9 Å². The van der Waals surface area contributed by atoms with Crippen LogP contribution in [0.4, 0.5) is 10.5 Å². The van der Waals surface area contributed by atoms with E-state index < -0.39 is 6.29 Å². The van der Waals surface area contributed by atoms with Crippen LogP contribution in [0.25, 0.3) is 0 Å². The van der Waals surface area contributed by atoms with Crippen molar-refractivity contribution in [1.29, 1.82) is 0 Å². The van der Waals surface area contributed by atoms with Crippen LogP contribution in [0.3, 0.4) is 0 Å². The highest BCUT2D eigenvalue weighted by molar-refractivity contribution is 5.89. The Balaban J connectivity index is 1.06. The topological polar surface area (TPSA) is 102 Å². The van der Waals surface area contributed by atoms with Crippen LogP contribution >= 0.6 is 0 Å². The molecule has 2 fully saturated rings. The van der Waals surface area contributed by atoms with Crippen LogP contribution < -0.4 is 15.4 Å². The summed E-state index contributed by atoms with van der Waals surface area (Å²) < 4.78 is 24.6. The van der Waals surface area contributed by atoms with Crippen LogP contribution in [0.5, 0.6) is 11.5 Å². The molecule has 46 heavy (non-hydrogen) atoms. The third-order valence-electron chi connectivity index (χ3n) is 8.46. The second kappa shape index (κ2) is 15.4. The second-order valence-corrected chi connectivity index (χ2v) is 11.7. The standard InChI is InChI=1S/C37H41N3O6/c1-26-34(24-40-19-21-43-22-20-40)45-36(46-35(26)29-11-9-28(25-41)10-12-29)30-13-7-27(8-14-30)23-38-37(42)39-31-15-17-33(18-16-31)44-32-5-3-2-4-6-32/h2-18,26,34-36,41H,19-25H2,1H3,(H2,38,39,42)/t26-,34+,35+,36+/m0/s1. The lowest BCUT2D eigenvalue weighted by Gasteiger charge is -2.43. The average molecular weight is 624 g/mol. The van der Waals surface area contributed by atoms with E-state index in [-0.39, 0.29) is 30.8 Å². The molecule has 2 saturated heterocycles. The lowest BCUT2D eigenvalue weighted by molar-refractivity contribution is -0.277. The van der Waals surface area contributed by atoms with Crippen molar-refractivity contribution in [2.75, 3.05) is 38.2 Å². The molecule has 4 aromatic rings. The summed E-state index contributed by atoms with van der Waals surface area (Å²) in [5, 5.41) is 15.3. The van der Waals surface area contributed by atoms with Gasteiger partial charge in [-0.3, -0.25) is 4.90 Å². The highest BCUT2D eigenvalue weighted by Gasteiger charge is 2.39. The third-order valence-corrected chi connectivity index (χ3v) is 8.46. The zero-order valence-electron chi connectivity index (χ0n) is 26.0. The first kappa shape index (κ1) is 31.7. The summed E-state index contributed by atoms with van der Waals surface area (Å²) in [4.78, 5) is 15.0. The maximum Gasteiger partial charge on any atom is 0.319 e. The molecule has 2 aliphatic heterocycles. The lowest BCUT2D eigenvalue weighted by Crippen LogP contribution is -2.47. The van der Waals surface area contributed by atoms with Gasteiger partial charge in [-0.1, -0.05) is 73.7 Å². The van der Waals surface area contributed by atoms with Crippen LogP contribution in [0.1, 0.15) is 41.6 Å². The number of rotatable bonds is 10. The summed E-state index contributed by atoms with van der Waals surface area (Å²) in [6.07, 6.45) is -0.742. The van der Waals surface area contributed by atoms with Crippen LogP contribution in [0, 0.1) is 5.92 Å². The molecule has 0 unspecified atom stereocenters. The van der Waals surface area contributed by atoms with Crippen LogP contribution in [-0.4, -0.2) is 55.0 Å². The van der Waals surface area contributed by atoms with E-state index >= 15 is 0 Å². The zero-order chi connectivity index (χ0) is 31.7.